The van der Waals surface area contributed by atoms with Gasteiger partial charge in [-0.3, -0.25) is 10.5 Å². The lowest BCUT2D eigenvalue weighted by molar-refractivity contribution is -0.118. The normalized spacial score (nSPS) is 12.8. The van der Waals surface area contributed by atoms with Crippen LogP contribution in [0, 0.1) is 5.92 Å². The van der Waals surface area contributed by atoms with Gasteiger partial charge in [-0.05, 0) is 12.3 Å². The highest BCUT2D eigenvalue weighted by molar-refractivity contribution is 5.72. The second-order valence-corrected chi connectivity index (χ2v) is 3.56. The van der Waals surface area contributed by atoms with Crippen molar-refractivity contribution >= 4 is 5.91 Å². The Hall–Kier alpha value is -0.530. The molecule has 1 atom stereocenters. The maximum atomic E-state index is 10.3. The zero-order valence-electron chi connectivity index (χ0n) is 8.23. The molecule has 0 rings (SSSR count). The van der Waals surface area contributed by atoms with E-state index in [0.29, 0.717) is 6.42 Å². The van der Waals surface area contributed by atoms with Gasteiger partial charge in [-0.25, -0.2) is 0 Å². The van der Waals surface area contributed by atoms with Gasteiger partial charge in [0.05, 0.1) is 0 Å². The average Bonchev–Trinajstić information content (AvgIpc) is 1.98. The summed E-state index contributed by atoms with van der Waals surface area (Å²) in [5.74, 6) is 0.369. The van der Waals surface area contributed by atoms with Crippen molar-refractivity contribution in [2.45, 2.75) is 52.4 Å². The topological polar surface area (TPSA) is 40.9 Å². The lowest BCUT2D eigenvalue weighted by Gasteiger charge is -2.08. The fourth-order valence-corrected chi connectivity index (χ4v) is 1.42. The Bertz CT molecular complexity index is 123. The predicted octanol–water partition coefficient (Wildman–Crippen LogP) is 2.79. The molecule has 0 saturated heterocycles. The van der Waals surface area contributed by atoms with E-state index in [1.807, 2.05) is 0 Å². The number of nitrogens with one attached hydrogen (secondary N) is 1. The van der Waals surface area contributed by atoms with Gasteiger partial charge >= 0.3 is 0 Å². The maximum Gasteiger partial charge on any atom is 0.238 e. The smallest absolute Gasteiger partial charge is 0.238 e. The second kappa shape index (κ2) is 7.14. The summed E-state index contributed by atoms with van der Waals surface area (Å²) in [5.41, 5.74) is 6.71. The molecule has 0 aromatic rings. The van der Waals surface area contributed by atoms with Crippen LogP contribution in [0.5, 0.6) is 0 Å². The van der Waals surface area contributed by atoms with E-state index < -0.39 is 5.91 Å². The molecule has 0 spiro atoms. The Morgan fingerprint density at radius 3 is 2.50 bits per heavy atom. The SMILES string of the molecule is CCCC(C)CCCCC([NH])=O. The highest BCUT2D eigenvalue weighted by atomic mass is 16.1. The van der Waals surface area contributed by atoms with Crippen molar-refractivity contribution < 1.29 is 4.79 Å². The molecule has 71 valence electrons. The Morgan fingerprint density at radius 1 is 1.33 bits per heavy atom. The van der Waals surface area contributed by atoms with Crippen LogP contribution in [0.1, 0.15) is 52.4 Å². The highest BCUT2D eigenvalue weighted by Gasteiger charge is 2.01. The Morgan fingerprint density at radius 2 is 2.00 bits per heavy atom. The van der Waals surface area contributed by atoms with Crippen LogP contribution in [0.15, 0.2) is 0 Å². The van der Waals surface area contributed by atoms with Crippen molar-refractivity contribution in [1.82, 2.24) is 5.73 Å². The van der Waals surface area contributed by atoms with Gasteiger partial charge in [-0.2, -0.15) is 0 Å². The van der Waals surface area contributed by atoms with Crippen molar-refractivity contribution in [2.24, 2.45) is 5.92 Å². The van der Waals surface area contributed by atoms with E-state index in [1.54, 1.807) is 0 Å². The van der Waals surface area contributed by atoms with Gasteiger partial charge in [0.2, 0.25) is 5.91 Å². The lowest BCUT2D eigenvalue weighted by Crippen LogP contribution is -1.98. The number of carbonyl (C=O) groups excluding carboxylic acids is 1. The van der Waals surface area contributed by atoms with Gasteiger partial charge in [-0.15, -0.1) is 0 Å². The number of amides is 1. The van der Waals surface area contributed by atoms with E-state index in [0.717, 1.165) is 18.8 Å². The zero-order valence-corrected chi connectivity index (χ0v) is 8.23. The summed E-state index contributed by atoms with van der Waals surface area (Å²) in [6.07, 6.45) is 6.19. The van der Waals surface area contributed by atoms with Gasteiger partial charge in [0.1, 0.15) is 0 Å². The van der Waals surface area contributed by atoms with Crippen molar-refractivity contribution in [3.63, 3.8) is 0 Å². The number of rotatable bonds is 7. The van der Waals surface area contributed by atoms with Gasteiger partial charge in [0, 0.05) is 6.42 Å². The molecule has 2 nitrogen and oxygen atoms in total. The molecular formula is C10H20NO. The minimum atomic E-state index is -0.418. The number of carbonyl (C=O) groups is 1. The fraction of sp³-hybridized carbons (Fsp3) is 0.900. The van der Waals surface area contributed by atoms with E-state index in [1.165, 1.54) is 19.3 Å². The van der Waals surface area contributed by atoms with Crippen LogP contribution in [-0.4, -0.2) is 5.91 Å². The third-order valence-corrected chi connectivity index (χ3v) is 2.13. The van der Waals surface area contributed by atoms with Crippen molar-refractivity contribution in [2.75, 3.05) is 0 Å². The van der Waals surface area contributed by atoms with Crippen LogP contribution >= 0.6 is 0 Å². The summed E-state index contributed by atoms with van der Waals surface area (Å²) >= 11 is 0. The third kappa shape index (κ3) is 7.58. The molecule has 0 aliphatic rings. The largest absolute Gasteiger partial charge is 0.273 e. The molecule has 0 aromatic carbocycles. The summed E-state index contributed by atoms with van der Waals surface area (Å²) in [4.78, 5) is 10.3. The monoisotopic (exact) mass is 170 g/mol. The minimum absolute atomic E-state index is 0.418. The van der Waals surface area contributed by atoms with E-state index in [4.69, 9.17) is 5.73 Å². The molecule has 0 aliphatic carbocycles. The summed E-state index contributed by atoms with van der Waals surface area (Å²) < 4.78 is 0. The molecule has 0 fully saturated rings. The van der Waals surface area contributed by atoms with Gasteiger partial charge in [-0.1, -0.05) is 39.5 Å². The molecule has 2 heteroatoms. The first-order chi connectivity index (χ1) is 5.66. The zero-order chi connectivity index (χ0) is 9.40. The Labute approximate surface area is 75.5 Å². The molecule has 1 N–H and O–H groups in total. The standard InChI is InChI=1S/C10H20NO/c1-3-6-9(2)7-4-5-8-10(11)12/h9,11H,3-8H2,1-2H3. The molecule has 0 bridgehead atoms. The lowest BCUT2D eigenvalue weighted by atomic mass is 9.99. The quantitative estimate of drug-likeness (QED) is 0.541. The van der Waals surface area contributed by atoms with Crippen LogP contribution < -0.4 is 5.73 Å². The van der Waals surface area contributed by atoms with Crippen LogP contribution in [-0.2, 0) is 4.79 Å². The highest BCUT2D eigenvalue weighted by Crippen LogP contribution is 2.14. The van der Waals surface area contributed by atoms with Crippen molar-refractivity contribution in [1.29, 1.82) is 0 Å². The van der Waals surface area contributed by atoms with E-state index in [-0.39, 0.29) is 0 Å². The van der Waals surface area contributed by atoms with E-state index >= 15 is 0 Å². The van der Waals surface area contributed by atoms with Crippen LogP contribution in [0.25, 0.3) is 0 Å². The number of unbranched alkanes of at least 4 members (excludes halogenated alkanes) is 1. The molecule has 1 unspecified atom stereocenters. The summed E-state index contributed by atoms with van der Waals surface area (Å²) in [6.45, 7) is 4.45. The molecule has 0 aromatic heterocycles. The summed E-state index contributed by atoms with van der Waals surface area (Å²) in [5, 5.41) is 0. The van der Waals surface area contributed by atoms with Gasteiger partial charge < -0.3 is 0 Å². The Balaban J connectivity index is 3.13. The summed E-state index contributed by atoms with van der Waals surface area (Å²) in [6, 6.07) is 0. The molecule has 0 aliphatic heterocycles. The maximum absolute atomic E-state index is 10.3. The number of hydrogen-bond acceptors (Lipinski definition) is 1. The van der Waals surface area contributed by atoms with Crippen LogP contribution in [0.3, 0.4) is 0 Å². The first kappa shape index (κ1) is 11.5. The summed E-state index contributed by atoms with van der Waals surface area (Å²) in [7, 11) is 0. The average molecular weight is 170 g/mol. The third-order valence-electron chi connectivity index (χ3n) is 2.13. The van der Waals surface area contributed by atoms with Crippen LogP contribution in [0.2, 0.25) is 0 Å². The molecule has 1 amide bonds. The minimum Gasteiger partial charge on any atom is -0.273 e. The predicted molar refractivity (Wildman–Crippen MR) is 50.6 cm³/mol. The van der Waals surface area contributed by atoms with E-state index in [2.05, 4.69) is 13.8 Å². The van der Waals surface area contributed by atoms with E-state index in [9.17, 15) is 4.79 Å². The van der Waals surface area contributed by atoms with Crippen molar-refractivity contribution in [3.8, 4) is 0 Å². The second-order valence-electron chi connectivity index (χ2n) is 3.56. The van der Waals surface area contributed by atoms with Gasteiger partial charge in [0.15, 0.2) is 0 Å². The van der Waals surface area contributed by atoms with Crippen LogP contribution in [0.4, 0.5) is 0 Å². The first-order valence-electron chi connectivity index (χ1n) is 4.91. The molecule has 0 heterocycles. The number of hydrogen-bond donors (Lipinski definition) is 0. The van der Waals surface area contributed by atoms with Gasteiger partial charge in [0.25, 0.3) is 0 Å². The van der Waals surface area contributed by atoms with Crippen molar-refractivity contribution in [3.05, 3.63) is 0 Å². The molecule has 1 radical (unpaired) electrons. The molecule has 0 saturated carbocycles. The molecular weight excluding hydrogens is 150 g/mol. The first-order valence-corrected chi connectivity index (χ1v) is 4.91. The Kier molecular flexibility index (Phi) is 6.82. The fourth-order valence-electron chi connectivity index (χ4n) is 1.42. The molecule has 12 heavy (non-hydrogen) atoms.